The number of carbonyl (C=O) groups is 1. The second-order valence-corrected chi connectivity index (χ2v) is 3.39. The van der Waals surface area contributed by atoms with Gasteiger partial charge in [-0.1, -0.05) is 12.1 Å². The number of hydrogen-bond acceptors (Lipinski definition) is 3. The SMILES string of the molecule is O=C(O)C1CC(c2ccc(F)cc2)N=N1. The standard InChI is InChI=1S/C10H9FN2O2/c11-7-3-1-6(2-4-7)8-5-9(10(14)15)13-12-8/h1-4,8-9H,5H2,(H,14,15). The first-order valence-corrected chi connectivity index (χ1v) is 4.55. The van der Waals surface area contributed by atoms with E-state index in [-0.39, 0.29) is 11.9 Å². The van der Waals surface area contributed by atoms with Crippen LogP contribution < -0.4 is 0 Å². The van der Waals surface area contributed by atoms with Gasteiger partial charge in [-0.25, -0.2) is 9.18 Å². The lowest BCUT2D eigenvalue weighted by atomic mass is 10.0. The van der Waals surface area contributed by atoms with Crippen LogP contribution in [-0.2, 0) is 4.79 Å². The Labute approximate surface area is 85.5 Å². The van der Waals surface area contributed by atoms with Gasteiger partial charge in [0.25, 0.3) is 0 Å². The van der Waals surface area contributed by atoms with Gasteiger partial charge in [0.1, 0.15) is 5.82 Å². The van der Waals surface area contributed by atoms with E-state index < -0.39 is 12.0 Å². The molecule has 78 valence electrons. The van der Waals surface area contributed by atoms with Crippen molar-refractivity contribution >= 4 is 5.97 Å². The summed E-state index contributed by atoms with van der Waals surface area (Å²) < 4.78 is 12.6. The number of carboxylic acid groups (broad SMARTS) is 1. The number of benzene rings is 1. The molecule has 0 bridgehead atoms. The third-order valence-corrected chi connectivity index (χ3v) is 2.33. The number of azo groups is 1. The molecule has 1 aromatic rings. The highest BCUT2D eigenvalue weighted by atomic mass is 19.1. The molecule has 0 aliphatic carbocycles. The molecule has 0 aromatic heterocycles. The quantitative estimate of drug-likeness (QED) is 0.809. The van der Waals surface area contributed by atoms with Gasteiger partial charge in [-0.3, -0.25) is 0 Å². The van der Waals surface area contributed by atoms with Crippen LogP contribution in [0.3, 0.4) is 0 Å². The van der Waals surface area contributed by atoms with Gasteiger partial charge in [-0.15, -0.1) is 0 Å². The van der Waals surface area contributed by atoms with Gasteiger partial charge < -0.3 is 5.11 Å². The summed E-state index contributed by atoms with van der Waals surface area (Å²) in [7, 11) is 0. The first-order valence-electron chi connectivity index (χ1n) is 4.55. The second-order valence-electron chi connectivity index (χ2n) is 3.39. The molecule has 0 saturated heterocycles. The number of halogens is 1. The molecule has 1 N–H and O–H groups in total. The minimum absolute atomic E-state index is 0.258. The number of carboxylic acids is 1. The van der Waals surface area contributed by atoms with Crippen LogP contribution in [0.5, 0.6) is 0 Å². The van der Waals surface area contributed by atoms with E-state index in [0.29, 0.717) is 6.42 Å². The van der Waals surface area contributed by atoms with Crippen LogP contribution >= 0.6 is 0 Å². The van der Waals surface area contributed by atoms with E-state index in [2.05, 4.69) is 10.2 Å². The van der Waals surface area contributed by atoms with E-state index in [9.17, 15) is 9.18 Å². The molecule has 0 spiro atoms. The maximum atomic E-state index is 12.6. The zero-order chi connectivity index (χ0) is 10.8. The van der Waals surface area contributed by atoms with E-state index in [1.165, 1.54) is 12.1 Å². The van der Waals surface area contributed by atoms with Gasteiger partial charge in [-0.05, 0) is 17.7 Å². The highest BCUT2D eigenvalue weighted by molar-refractivity contribution is 5.73. The molecule has 5 heteroatoms. The van der Waals surface area contributed by atoms with Crippen LogP contribution in [0.4, 0.5) is 4.39 Å². The molecular formula is C10H9FN2O2. The molecule has 2 atom stereocenters. The molecule has 0 radical (unpaired) electrons. The van der Waals surface area contributed by atoms with Gasteiger partial charge >= 0.3 is 5.97 Å². The summed E-state index contributed by atoms with van der Waals surface area (Å²) >= 11 is 0. The Balaban J connectivity index is 2.12. The van der Waals surface area contributed by atoms with Crippen molar-refractivity contribution in [2.24, 2.45) is 10.2 Å². The summed E-state index contributed by atoms with van der Waals surface area (Å²) in [4.78, 5) is 10.6. The second kappa shape index (κ2) is 3.76. The highest BCUT2D eigenvalue weighted by Crippen LogP contribution is 2.30. The third-order valence-electron chi connectivity index (χ3n) is 2.33. The van der Waals surface area contributed by atoms with Crippen LogP contribution in [-0.4, -0.2) is 17.1 Å². The minimum Gasteiger partial charge on any atom is -0.480 e. The third kappa shape index (κ3) is 2.01. The maximum absolute atomic E-state index is 12.6. The Morgan fingerprint density at radius 3 is 2.53 bits per heavy atom. The Kier molecular flexibility index (Phi) is 2.45. The average molecular weight is 208 g/mol. The lowest BCUT2D eigenvalue weighted by molar-refractivity contribution is -0.138. The summed E-state index contributed by atoms with van der Waals surface area (Å²) in [5.74, 6) is -1.29. The molecular weight excluding hydrogens is 199 g/mol. The van der Waals surface area contributed by atoms with Crippen LogP contribution in [0.1, 0.15) is 18.0 Å². The molecule has 1 heterocycles. The smallest absolute Gasteiger partial charge is 0.330 e. The number of nitrogens with zero attached hydrogens (tertiary/aromatic N) is 2. The minimum atomic E-state index is -0.969. The van der Waals surface area contributed by atoms with Crippen molar-refractivity contribution < 1.29 is 14.3 Å². The lowest BCUT2D eigenvalue weighted by Gasteiger charge is -2.05. The maximum Gasteiger partial charge on any atom is 0.330 e. The van der Waals surface area contributed by atoms with Gasteiger partial charge in [-0.2, -0.15) is 10.2 Å². The summed E-state index contributed by atoms with van der Waals surface area (Å²) in [6.45, 7) is 0. The lowest BCUT2D eigenvalue weighted by Crippen LogP contribution is -2.15. The van der Waals surface area contributed by atoms with Gasteiger partial charge in [0.05, 0.1) is 6.04 Å². The number of rotatable bonds is 2. The van der Waals surface area contributed by atoms with Crippen LogP contribution in [0, 0.1) is 5.82 Å². The molecule has 2 unspecified atom stereocenters. The van der Waals surface area contributed by atoms with Crippen molar-refractivity contribution in [1.29, 1.82) is 0 Å². The topological polar surface area (TPSA) is 62.0 Å². The molecule has 1 aromatic carbocycles. The fourth-order valence-corrected chi connectivity index (χ4v) is 1.50. The molecule has 0 fully saturated rings. The number of hydrogen-bond donors (Lipinski definition) is 1. The first-order chi connectivity index (χ1) is 7.16. The van der Waals surface area contributed by atoms with Crippen molar-refractivity contribution in [3.63, 3.8) is 0 Å². The molecule has 2 rings (SSSR count). The zero-order valence-electron chi connectivity index (χ0n) is 7.80. The Morgan fingerprint density at radius 1 is 1.33 bits per heavy atom. The largest absolute Gasteiger partial charge is 0.480 e. The fraction of sp³-hybridized carbons (Fsp3) is 0.300. The summed E-state index contributed by atoms with van der Waals surface area (Å²) in [6.07, 6.45) is 0.348. The summed E-state index contributed by atoms with van der Waals surface area (Å²) in [6, 6.07) is 4.84. The van der Waals surface area contributed by atoms with Crippen LogP contribution in [0.25, 0.3) is 0 Å². The summed E-state index contributed by atoms with van der Waals surface area (Å²) in [5.41, 5.74) is 0.795. The number of aliphatic carboxylic acids is 1. The van der Waals surface area contributed by atoms with E-state index >= 15 is 0 Å². The normalized spacial score (nSPS) is 24.3. The zero-order valence-corrected chi connectivity index (χ0v) is 7.80. The monoisotopic (exact) mass is 208 g/mol. The van der Waals surface area contributed by atoms with E-state index in [0.717, 1.165) is 5.56 Å². The average Bonchev–Trinajstić information content (AvgIpc) is 2.68. The van der Waals surface area contributed by atoms with Crippen molar-refractivity contribution in [1.82, 2.24) is 0 Å². The predicted molar refractivity (Wildman–Crippen MR) is 50.0 cm³/mol. The fourth-order valence-electron chi connectivity index (χ4n) is 1.50. The molecule has 1 aliphatic heterocycles. The van der Waals surface area contributed by atoms with Crippen molar-refractivity contribution in [3.8, 4) is 0 Å². The van der Waals surface area contributed by atoms with Crippen LogP contribution in [0.2, 0.25) is 0 Å². The summed E-state index contributed by atoms with van der Waals surface area (Å²) in [5, 5.41) is 16.2. The van der Waals surface area contributed by atoms with Crippen LogP contribution in [0.15, 0.2) is 34.5 Å². The first kappa shape index (κ1) is 9.76. The molecule has 1 aliphatic rings. The van der Waals surface area contributed by atoms with Crippen molar-refractivity contribution in [2.45, 2.75) is 18.5 Å². The molecule has 0 amide bonds. The Morgan fingerprint density at radius 2 is 2.00 bits per heavy atom. The molecule has 0 saturated carbocycles. The van der Waals surface area contributed by atoms with Gasteiger partial charge in [0, 0.05) is 6.42 Å². The molecule has 4 nitrogen and oxygen atoms in total. The van der Waals surface area contributed by atoms with Gasteiger partial charge in [0.15, 0.2) is 6.04 Å². The van der Waals surface area contributed by atoms with Crippen molar-refractivity contribution in [2.75, 3.05) is 0 Å². The van der Waals surface area contributed by atoms with E-state index in [4.69, 9.17) is 5.11 Å². The Hall–Kier alpha value is -1.78. The molecule has 15 heavy (non-hydrogen) atoms. The van der Waals surface area contributed by atoms with E-state index in [1.54, 1.807) is 12.1 Å². The van der Waals surface area contributed by atoms with E-state index in [1.807, 2.05) is 0 Å². The van der Waals surface area contributed by atoms with Crippen molar-refractivity contribution in [3.05, 3.63) is 35.6 Å². The Bertz CT molecular complexity index is 402. The predicted octanol–water partition coefficient (Wildman–Crippen LogP) is 2.18. The highest BCUT2D eigenvalue weighted by Gasteiger charge is 2.28. The van der Waals surface area contributed by atoms with Gasteiger partial charge in [0.2, 0.25) is 0 Å².